The Hall–Kier alpha value is -1.47. The van der Waals surface area contributed by atoms with Gasteiger partial charge >= 0.3 is 11.9 Å². The van der Waals surface area contributed by atoms with Gasteiger partial charge in [0.05, 0.1) is 29.6 Å². The number of Topliss-reactive ketones (excluding diaryl/α,β-unsaturated/α-hetero) is 1. The molecule has 0 radical (unpaired) electrons. The summed E-state index contributed by atoms with van der Waals surface area (Å²) in [7, 11) is 1.58. The normalized spacial score (nSPS) is 54.1. The molecule has 166 valence electrons. The van der Waals surface area contributed by atoms with Crippen molar-refractivity contribution < 1.29 is 33.7 Å². The molecule has 4 bridgehead atoms. The third-order valence-electron chi connectivity index (χ3n) is 9.71. The van der Waals surface area contributed by atoms with Gasteiger partial charge < -0.3 is 19.3 Å². The first kappa shape index (κ1) is 20.4. The number of hydrogen-bond acceptors (Lipinski definition) is 7. The molecular formula is C23H32O7. The van der Waals surface area contributed by atoms with Crippen LogP contribution in [0.3, 0.4) is 0 Å². The smallest absolute Gasteiger partial charge is 0.312 e. The van der Waals surface area contributed by atoms with Gasteiger partial charge in [0.1, 0.15) is 11.9 Å². The van der Waals surface area contributed by atoms with Crippen LogP contribution in [0, 0.1) is 39.9 Å². The molecule has 1 heterocycles. The average molecular weight is 421 g/mol. The second-order valence-corrected chi connectivity index (χ2v) is 10.6. The first-order valence-electron chi connectivity index (χ1n) is 11.2. The molecule has 0 amide bonds. The van der Waals surface area contributed by atoms with Gasteiger partial charge in [0, 0.05) is 31.3 Å². The lowest BCUT2D eigenvalue weighted by Gasteiger charge is -2.68. The zero-order valence-corrected chi connectivity index (χ0v) is 18.2. The first-order valence-corrected chi connectivity index (χ1v) is 11.2. The minimum Gasteiger partial charge on any atom is -0.465 e. The van der Waals surface area contributed by atoms with Crippen LogP contribution in [0.4, 0.5) is 0 Å². The number of carbonyl (C=O) groups is 3. The van der Waals surface area contributed by atoms with Crippen molar-refractivity contribution in [2.75, 3.05) is 13.7 Å². The lowest BCUT2D eigenvalue weighted by atomic mass is 9.38. The number of methoxy groups -OCH3 is 1. The predicted octanol–water partition coefficient (Wildman–Crippen LogP) is 1.89. The number of rotatable bonds is 2. The zero-order valence-electron chi connectivity index (χ0n) is 18.2. The number of cyclic esters (lactones) is 1. The molecule has 7 nitrogen and oxygen atoms in total. The molecule has 1 N–H and O–H groups in total. The van der Waals surface area contributed by atoms with E-state index in [0.29, 0.717) is 12.8 Å². The summed E-state index contributed by atoms with van der Waals surface area (Å²) >= 11 is 0. The number of hydrogen-bond donors (Lipinski definition) is 1. The van der Waals surface area contributed by atoms with Crippen molar-refractivity contribution in [1.29, 1.82) is 0 Å². The van der Waals surface area contributed by atoms with Crippen molar-refractivity contribution >= 4 is 17.7 Å². The van der Waals surface area contributed by atoms with Crippen molar-refractivity contribution in [1.82, 2.24) is 0 Å². The molecule has 5 rings (SSSR count). The van der Waals surface area contributed by atoms with Gasteiger partial charge in [-0.15, -0.1) is 0 Å². The fourth-order valence-corrected chi connectivity index (χ4v) is 8.68. The number of aliphatic hydroxyl groups is 1. The molecule has 30 heavy (non-hydrogen) atoms. The second-order valence-electron chi connectivity index (χ2n) is 10.6. The van der Waals surface area contributed by atoms with Crippen molar-refractivity contribution in [3.05, 3.63) is 0 Å². The van der Waals surface area contributed by atoms with Gasteiger partial charge in [-0.25, -0.2) is 0 Å². The summed E-state index contributed by atoms with van der Waals surface area (Å²) in [6.07, 6.45) is 1.51. The number of ether oxygens (including phenoxy) is 3. The van der Waals surface area contributed by atoms with Crippen LogP contribution >= 0.6 is 0 Å². The van der Waals surface area contributed by atoms with E-state index in [-0.39, 0.29) is 42.1 Å². The van der Waals surface area contributed by atoms with E-state index in [1.54, 1.807) is 7.11 Å². The van der Waals surface area contributed by atoms with Gasteiger partial charge in [-0.3, -0.25) is 14.4 Å². The van der Waals surface area contributed by atoms with E-state index in [0.717, 1.165) is 19.3 Å². The highest BCUT2D eigenvalue weighted by Gasteiger charge is 2.80. The lowest BCUT2D eigenvalue weighted by Crippen LogP contribution is -2.74. The molecule has 7 heteroatoms. The topological polar surface area (TPSA) is 99.1 Å². The van der Waals surface area contributed by atoms with Gasteiger partial charge in [0.2, 0.25) is 0 Å². The van der Waals surface area contributed by atoms with E-state index < -0.39 is 40.5 Å². The van der Waals surface area contributed by atoms with Crippen LogP contribution in [-0.2, 0) is 28.6 Å². The van der Waals surface area contributed by atoms with Gasteiger partial charge in [-0.1, -0.05) is 13.3 Å². The molecule has 4 saturated carbocycles. The maximum absolute atomic E-state index is 13.8. The quantitative estimate of drug-likeness (QED) is 0.681. The Balaban J connectivity index is 1.75. The maximum Gasteiger partial charge on any atom is 0.312 e. The van der Waals surface area contributed by atoms with E-state index >= 15 is 0 Å². The molecule has 4 aliphatic carbocycles. The van der Waals surface area contributed by atoms with Crippen molar-refractivity contribution in [2.45, 2.75) is 71.2 Å². The van der Waals surface area contributed by atoms with E-state index in [2.05, 4.69) is 0 Å². The molecule has 0 unspecified atom stereocenters. The molecule has 1 saturated heterocycles. The van der Waals surface area contributed by atoms with Gasteiger partial charge in [-0.05, 0) is 44.4 Å². The standard InChI is InChI=1S/C23H32O7/c1-11-13-8-14(30-12(2)24)17-22-7-5-6-21(3,20(27)29-10-22)15(22)9-16(28-4)23(17,18(11)25)19(13)26/h11,13-17,19,26H,5-10H2,1-4H3/t11-,13+,14+,15-,16+,17+,19-,21-,22+,23-/m1/s1. The average Bonchev–Trinajstić information content (AvgIpc) is 2.81. The third kappa shape index (κ3) is 2.11. The number of fused-ring (bicyclic) bond motifs is 1. The first-order chi connectivity index (χ1) is 14.1. The van der Waals surface area contributed by atoms with E-state index in [1.807, 2.05) is 13.8 Å². The molecule has 5 aliphatic rings. The fourth-order valence-electron chi connectivity index (χ4n) is 8.68. The van der Waals surface area contributed by atoms with Crippen LogP contribution in [0.2, 0.25) is 0 Å². The molecule has 10 atom stereocenters. The van der Waals surface area contributed by atoms with Crippen molar-refractivity contribution in [3.63, 3.8) is 0 Å². The molecule has 0 aromatic rings. The molecule has 1 spiro atoms. The van der Waals surface area contributed by atoms with Crippen molar-refractivity contribution in [2.24, 2.45) is 39.9 Å². The summed E-state index contributed by atoms with van der Waals surface area (Å²) in [5.74, 6) is -1.59. The summed E-state index contributed by atoms with van der Waals surface area (Å²) in [6.45, 7) is 5.45. The Morgan fingerprint density at radius 2 is 1.97 bits per heavy atom. The Bertz CT molecular complexity index is 809. The molecule has 0 aromatic carbocycles. The molecule has 0 aromatic heterocycles. The Morgan fingerprint density at radius 3 is 2.63 bits per heavy atom. The van der Waals surface area contributed by atoms with E-state index in [9.17, 15) is 19.5 Å². The summed E-state index contributed by atoms with van der Waals surface area (Å²) in [5.41, 5.74) is -2.28. The monoisotopic (exact) mass is 420 g/mol. The fraction of sp³-hybridized carbons (Fsp3) is 0.870. The van der Waals surface area contributed by atoms with Gasteiger partial charge in [-0.2, -0.15) is 0 Å². The van der Waals surface area contributed by atoms with Crippen LogP contribution in [-0.4, -0.2) is 54.9 Å². The molecule has 1 aliphatic heterocycles. The summed E-state index contributed by atoms with van der Waals surface area (Å²) < 4.78 is 17.6. The van der Waals surface area contributed by atoms with Crippen LogP contribution in [0.1, 0.15) is 52.9 Å². The minimum atomic E-state index is -1.13. The number of carbonyl (C=O) groups excluding carboxylic acids is 3. The number of aliphatic hydroxyl groups excluding tert-OH is 1. The summed E-state index contributed by atoms with van der Waals surface area (Å²) in [5, 5.41) is 11.5. The van der Waals surface area contributed by atoms with Crippen LogP contribution in [0.5, 0.6) is 0 Å². The largest absolute Gasteiger partial charge is 0.465 e. The van der Waals surface area contributed by atoms with Crippen molar-refractivity contribution in [3.8, 4) is 0 Å². The molecular weight excluding hydrogens is 388 g/mol. The number of ketones is 1. The number of esters is 2. The van der Waals surface area contributed by atoms with Gasteiger partial charge in [0.15, 0.2) is 0 Å². The van der Waals surface area contributed by atoms with Crippen LogP contribution in [0.15, 0.2) is 0 Å². The third-order valence-corrected chi connectivity index (χ3v) is 9.71. The highest BCUT2D eigenvalue weighted by molar-refractivity contribution is 5.92. The SMILES string of the molecule is CO[C@H]1C[C@H]2[C@@]3(CCC[C@@]2(C)C(=O)OC3)[C@@H]2[C@@H](OC(C)=O)C[C@@H]3[C@@H](O)[C@]12C(=O)[C@@H]3C. The highest BCUT2D eigenvalue weighted by Crippen LogP contribution is 2.73. The Labute approximate surface area is 176 Å². The summed E-state index contributed by atoms with van der Waals surface area (Å²) in [6, 6.07) is 0. The summed E-state index contributed by atoms with van der Waals surface area (Å²) in [4.78, 5) is 38.8. The second kappa shape index (κ2) is 6.28. The zero-order chi connectivity index (χ0) is 21.6. The lowest BCUT2D eigenvalue weighted by molar-refractivity contribution is -0.288. The highest BCUT2D eigenvalue weighted by atomic mass is 16.5. The Morgan fingerprint density at radius 1 is 1.23 bits per heavy atom. The van der Waals surface area contributed by atoms with E-state index in [1.165, 1.54) is 6.92 Å². The Kier molecular flexibility index (Phi) is 4.28. The van der Waals surface area contributed by atoms with Crippen LogP contribution < -0.4 is 0 Å². The molecule has 5 fully saturated rings. The van der Waals surface area contributed by atoms with Gasteiger partial charge in [0.25, 0.3) is 0 Å². The van der Waals surface area contributed by atoms with Crippen LogP contribution in [0.25, 0.3) is 0 Å². The predicted molar refractivity (Wildman–Crippen MR) is 104 cm³/mol. The maximum atomic E-state index is 13.8. The van der Waals surface area contributed by atoms with E-state index in [4.69, 9.17) is 14.2 Å². The minimum absolute atomic E-state index is 0.0171.